The van der Waals surface area contributed by atoms with Crippen LogP contribution in [0.5, 0.6) is 0 Å². The Bertz CT molecular complexity index is 1260. The van der Waals surface area contributed by atoms with E-state index in [1.165, 1.54) is 6.07 Å². The molecule has 32 heavy (non-hydrogen) atoms. The lowest BCUT2D eigenvalue weighted by molar-refractivity contribution is -0.137. The van der Waals surface area contributed by atoms with Crippen LogP contribution in [-0.4, -0.2) is 10.5 Å². The van der Waals surface area contributed by atoms with Crippen molar-refractivity contribution in [2.45, 2.75) is 19.6 Å². The quantitative estimate of drug-likeness (QED) is 0.394. The number of hydrogen-bond donors (Lipinski definition) is 1. The molecule has 0 saturated carbocycles. The van der Waals surface area contributed by atoms with Crippen molar-refractivity contribution in [1.29, 1.82) is 0 Å². The van der Waals surface area contributed by atoms with Crippen LogP contribution in [-0.2, 0) is 12.7 Å². The van der Waals surface area contributed by atoms with E-state index in [1.807, 2.05) is 65.2 Å². The summed E-state index contributed by atoms with van der Waals surface area (Å²) >= 11 is 0. The maximum absolute atomic E-state index is 13.3. The molecule has 1 heterocycles. The number of alkyl halides is 3. The van der Waals surface area contributed by atoms with Crippen LogP contribution in [0.1, 0.15) is 27.2 Å². The van der Waals surface area contributed by atoms with Gasteiger partial charge in [-0.1, -0.05) is 72.8 Å². The van der Waals surface area contributed by atoms with E-state index < -0.39 is 17.6 Å². The summed E-state index contributed by atoms with van der Waals surface area (Å²) < 4.78 is 41.6. The van der Waals surface area contributed by atoms with Gasteiger partial charge in [-0.2, -0.15) is 13.2 Å². The minimum atomic E-state index is -4.43. The molecule has 3 nitrogen and oxygen atoms in total. The van der Waals surface area contributed by atoms with Gasteiger partial charge in [0.2, 0.25) is 0 Å². The standard InChI is InChI=1S/C26H21F3N2O/c1-17-22(25(30)32)23(19-10-4-2-5-11-19)24(20-12-6-3-7-13-20)31(17)16-18-9-8-14-21(15-18)26(27,28)29/h2-15H,16H2,1H3,(H2,30,32). The predicted octanol–water partition coefficient (Wildman–Crippen LogP) is 6.30. The molecule has 3 aromatic carbocycles. The highest BCUT2D eigenvalue weighted by Gasteiger charge is 2.31. The van der Waals surface area contributed by atoms with E-state index >= 15 is 0 Å². The van der Waals surface area contributed by atoms with Gasteiger partial charge < -0.3 is 10.3 Å². The maximum Gasteiger partial charge on any atom is 0.416 e. The van der Waals surface area contributed by atoms with Crippen molar-refractivity contribution in [1.82, 2.24) is 4.57 Å². The molecule has 4 aromatic rings. The third kappa shape index (κ3) is 4.04. The number of halogens is 3. The van der Waals surface area contributed by atoms with Crippen molar-refractivity contribution < 1.29 is 18.0 Å². The summed E-state index contributed by atoms with van der Waals surface area (Å²) in [5.74, 6) is -0.582. The second kappa shape index (κ2) is 8.38. The Balaban J connectivity index is 1.98. The van der Waals surface area contributed by atoms with E-state index in [1.54, 1.807) is 13.0 Å². The highest BCUT2D eigenvalue weighted by atomic mass is 19.4. The second-order valence-electron chi connectivity index (χ2n) is 7.56. The third-order valence-corrected chi connectivity index (χ3v) is 5.47. The molecular weight excluding hydrogens is 413 g/mol. The number of aromatic nitrogens is 1. The second-order valence-corrected chi connectivity index (χ2v) is 7.56. The Labute approximate surface area is 183 Å². The van der Waals surface area contributed by atoms with Crippen LogP contribution in [0.4, 0.5) is 13.2 Å². The molecule has 0 bridgehead atoms. The first-order chi connectivity index (χ1) is 15.3. The van der Waals surface area contributed by atoms with Crippen molar-refractivity contribution in [2.75, 3.05) is 0 Å². The van der Waals surface area contributed by atoms with Crippen LogP contribution in [0.3, 0.4) is 0 Å². The molecule has 2 N–H and O–H groups in total. The molecular formula is C26H21F3N2O. The first-order valence-electron chi connectivity index (χ1n) is 10.1. The Kier molecular flexibility index (Phi) is 5.61. The number of benzene rings is 3. The number of nitrogens with zero attached hydrogens (tertiary/aromatic N) is 1. The zero-order valence-corrected chi connectivity index (χ0v) is 17.4. The lowest BCUT2D eigenvalue weighted by atomic mass is 9.96. The maximum atomic E-state index is 13.3. The number of nitrogens with two attached hydrogens (primary N) is 1. The first-order valence-corrected chi connectivity index (χ1v) is 10.1. The van der Waals surface area contributed by atoms with Gasteiger partial charge in [-0.25, -0.2) is 0 Å². The first kappa shape index (κ1) is 21.4. The van der Waals surface area contributed by atoms with E-state index in [2.05, 4.69) is 0 Å². The largest absolute Gasteiger partial charge is 0.416 e. The molecule has 0 radical (unpaired) electrons. The zero-order valence-electron chi connectivity index (χ0n) is 17.4. The van der Waals surface area contributed by atoms with Gasteiger partial charge in [0.1, 0.15) is 0 Å². The molecule has 0 fully saturated rings. The molecule has 1 aromatic heterocycles. The number of primary amides is 1. The van der Waals surface area contributed by atoms with Gasteiger partial charge in [0.05, 0.1) is 16.8 Å². The number of carbonyl (C=O) groups is 1. The van der Waals surface area contributed by atoms with Crippen LogP contribution in [0.25, 0.3) is 22.4 Å². The van der Waals surface area contributed by atoms with Gasteiger partial charge in [0.15, 0.2) is 0 Å². The van der Waals surface area contributed by atoms with Crippen molar-refractivity contribution in [3.63, 3.8) is 0 Å². The molecule has 0 aliphatic heterocycles. The third-order valence-electron chi connectivity index (χ3n) is 5.47. The Morgan fingerprint density at radius 3 is 2.03 bits per heavy atom. The van der Waals surface area contributed by atoms with Crippen LogP contribution in [0.2, 0.25) is 0 Å². The topological polar surface area (TPSA) is 48.0 Å². The normalized spacial score (nSPS) is 11.5. The number of hydrogen-bond acceptors (Lipinski definition) is 1. The summed E-state index contributed by atoms with van der Waals surface area (Å²) in [6, 6.07) is 24.1. The van der Waals surface area contributed by atoms with Gasteiger partial charge in [-0.15, -0.1) is 0 Å². The van der Waals surface area contributed by atoms with Crippen LogP contribution < -0.4 is 5.73 Å². The smallest absolute Gasteiger partial charge is 0.366 e. The number of amides is 1. The van der Waals surface area contributed by atoms with Crippen LogP contribution >= 0.6 is 0 Å². The molecule has 0 atom stereocenters. The summed E-state index contributed by atoms with van der Waals surface area (Å²) in [7, 11) is 0. The van der Waals surface area contributed by atoms with E-state index in [0.717, 1.165) is 29.0 Å². The van der Waals surface area contributed by atoms with E-state index in [9.17, 15) is 18.0 Å². The molecule has 0 saturated heterocycles. The minimum Gasteiger partial charge on any atom is -0.366 e. The van der Waals surface area contributed by atoms with Gasteiger partial charge in [0.25, 0.3) is 5.91 Å². The predicted molar refractivity (Wildman–Crippen MR) is 119 cm³/mol. The molecule has 6 heteroatoms. The summed E-state index contributed by atoms with van der Waals surface area (Å²) in [5, 5.41) is 0. The van der Waals surface area contributed by atoms with E-state index in [0.29, 0.717) is 22.4 Å². The monoisotopic (exact) mass is 434 g/mol. The summed E-state index contributed by atoms with van der Waals surface area (Å²) in [6.07, 6.45) is -4.43. The number of rotatable bonds is 5. The molecule has 0 spiro atoms. The Morgan fingerprint density at radius 1 is 0.875 bits per heavy atom. The summed E-state index contributed by atoms with van der Waals surface area (Å²) in [4.78, 5) is 12.5. The van der Waals surface area contributed by atoms with Crippen LogP contribution in [0, 0.1) is 6.92 Å². The fourth-order valence-corrected chi connectivity index (χ4v) is 4.05. The minimum absolute atomic E-state index is 0.160. The molecule has 4 rings (SSSR count). The average molecular weight is 434 g/mol. The molecule has 1 amide bonds. The van der Waals surface area contributed by atoms with Gasteiger partial charge in [-0.3, -0.25) is 4.79 Å². The lowest BCUT2D eigenvalue weighted by Crippen LogP contribution is -2.14. The molecule has 162 valence electrons. The zero-order chi connectivity index (χ0) is 22.9. The fourth-order valence-electron chi connectivity index (χ4n) is 4.05. The van der Waals surface area contributed by atoms with Crippen molar-refractivity contribution in [3.05, 3.63) is 107 Å². The fraction of sp³-hybridized carbons (Fsp3) is 0.115. The summed E-state index contributed by atoms with van der Waals surface area (Å²) in [6.45, 7) is 1.93. The Morgan fingerprint density at radius 2 is 1.47 bits per heavy atom. The van der Waals surface area contributed by atoms with Crippen molar-refractivity contribution in [2.24, 2.45) is 5.73 Å². The molecule has 0 aliphatic carbocycles. The van der Waals surface area contributed by atoms with Crippen LogP contribution in [0.15, 0.2) is 84.9 Å². The Hall–Kier alpha value is -3.80. The lowest BCUT2D eigenvalue weighted by Gasteiger charge is -2.15. The average Bonchev–Trinajstić information content (AvgIpc) is 3.07. The summed E-state index contributed by atoms with van der Waals surface area (Å²) in [5.41, 5.74) is 9.59. The van der Waals surface area contributed by atoms with Gasteiger partial charge in [-0.05, 0) is 35.7 Å². The highest BCUT2D eigenvalue weighted by molar-refractivity contribution is 6.05. The van der Waals surface area contributed by atoms with Crippen molar-refractivity contribution in [3.8, 4) is 22.4 Å². The highest BCUT2D eigenvalue weighted by Crippen LogP contribution is 2.40. The molecule has 0 aliphatic rings. The van der Waals surface area contributed by atoms with E-state index in [4.69, 9.17) is 5.73 Å². The SMILES string of the molecule is Cc1c(C(N)=O)c(-c2ccccc2)c(-c2ccccc2)n1Cc1cccc(C(F)(F)F)c1. The van der Waals surface area contributed by atoms with Gasteiger partial charge in [0, 0.05) is 17.8 Å². The molecule has 0 unspecified atom stereocenters. The number of carbonyl (C=O) groups excluding carboxylic acids is 1. The van der Waals surface area contributed by atoms with Gasteiger partial charge >= 0.3 is 6.18 Å². The van der Waals surface area contributed by atoms with Crippen molar-refractivity contribution >= 4 is 5.91 Å². The van der Waals surface area contributed by atoms with E-state index in [-0.39, 0.29) is 6.54 Å².